The van der Waals surface area contributed by atoms with Crippen LogP contribution in [0.5, 0.6) is 0 Å². The Morgan fingerprint density at radius 3 is 2.58 bits per heavy atom. The lowest BCUT2D eigenvalue weighted by atomic mass is 9.90. The molecule has 1 aromatic rings. The van der Waals surface area contributed by atoms with Crippen molar-refractivity contribution in [3.05, 3.63) is 32.9 Å². The fraction of sp³-hybridized carbons (Fsp3) is 0.533. The summed E-state index contributed by atoms with van der Waals surface area (Å²) in [5, 5.41) is 0. The van der Waals surface area contributed by atoms with Gasteiger partial charge in [0.2, 0.25) is 0 Å². The quantitative estimate of drug-likeness (QED) is 0.812. The van der Waals surface area contributed by atoms with Crippen molar-refractivity contribution < 1.29 is 4.79 Å². The van der Waals surface area contributed by atoms with Crippen LogP contribution in [0.15, 0.2) is 18.2 Å². The minimum atomic E-state index is 0.133. The Morgan fingerprint density at radius 1 is 1.32 bits per heavy atom. The van der Waals surface area contributed by atoms with Crippen LogP contribution in [0.2, 0.25) is 0 Å². The number of nitrogens with zero attached hydrogens (tertiary/aromatic N) is 1. The highest BCUT2D eigenvalue weighted by molar-refractivity contribution is 14.1. The van der Waals surface area contributed by atoms with E-state index in [4.69, 9.17) is 5.73 Å². The van der Waals surface area contributed by atoms with Crippen LogP contribution in [-0.2, 0) is 0 Å². The average molecular weight is 372 g/mol. The van der Waals surface area contributed by atoms with Crippen molar-refractivity contribution in [2.24, 2.45) is 5.73 Å². The molecule has 0 saturated heterocycles. The molecule has 3 nitrogen and oxygen atoms in total. The fourth-order valence-corrected chi connectivity index (χ4v) is 3.25. The molecule has 1 aliphatic rings. The predicted molar refractivity (Wildman–Crippen MR) is 86.2 cm³/mol. The van der Waals surface area contributed by atoms with Crippen LogP contribution in [0.4, 0.5) is 0 Å². The number of hydrogen-bond donors (Lipinski definition) is 1. The van der Waals surface area contributed by atoms with Crippen LogP contribution in [0.3, 0.4) is 0 Å². The molecule has 19 heavy (non-hydrogen) atoms. The van der Waals surface area contributed by atoms with Gasteiger partial charge in [-0.3, -0.25) is 4.79 Å². The summed E-state index contributed by atoms with van der Waals surface area (Å²) in [4.78, 5) is 14.5. The van der Waals surface area contributed by atoms with Crippen LogP contribution in [0.1, 0.15) is 41.6 Å². The third kappa shape index (κ3) is 3.28. The summed E-state index contributed by atoms with van der Waals surface area (Å²) < 4.78 is 1.06. The molecular formula is C15H21IN2O. The number of aryl methyl sites for hydroxylation is 1. The summed E-state index contributed by atoms with van der Waals surface area (Å²) in [6, 6.07) is 6.57. The van der Waals surface area contributed by atoms with Crippen LogP contribution in [-0.4, -0.2) is 29.9 Å². The maximum Gasteiger partial charge on any atom is 0.254 e. The summed E-state index contributed by atoms with van der Waals surface area (Å²) in [5.41, 5.74) is 7.90. The first kappa shape index (κ1) is 14.8. The maximum atomic E-state index is 12.6. The Labute approximate surface area is 128 Å². The Morgan fingerprint density at radius 2 is 1.95 bits per heavy atom. The zero-order chi connectivity index (χ0) is 14.0. The van der Waals surface area contributed by atoms with E-state index >= 15 is 0 Å². The highest BCUT2D eigenvalue weighted by Crippen LogP contribution is 2.24. The molecule has 1 aliphatic carbocycles. The summed E-state index contributed by atoms with van der Waals surface area (Å²) in [6.07, 6.45) is 4.08. The van der Waals surface area contributed by atoms with E-state index in [1.54, 1.807) is 0 Å². The molecule has 0 bridgehead atoms. The standard InChI is InChI=1S/C15H21IN2O/c1-10-4-3-5-13(14(10)16)15(19)18(2)12-8-6-11(17)7-9-12/h3-5,11-12H,6-9,17H2,1-2H3. The van der Waals surface area contributed by atoms with Gasteiger partial charge < -0.3 is 10.6 Å². The summed E-state index contributed by atoms with van der Waals surface area (Å²) in [6.45, 7) is 2.04. The second-order valence-electron chi connectivity index (χ2n) is 5.42. The number of benzene rings is 1. The van der Waals surface area contributed by atoms with Crippen molar-refractivity contribution in [2.75, 3.05) is 7.05 Å². The van der Waals surface area contributed by atoms with E-state index in [1.165, 1.54) is 0 Å². The van der Waals surface area contributed by atoms with Crippen molar-refractivity contribution in [3.63, 3.8) is 0 Å². The lowest BCUT2D eigenvalue weighted by molar-refractivity contribution is 0.0689. The summed E-state index contributed by atoms with van der Waals surface area (Å²) in [5.74, 6) is 0.133. The number of carbonyl (C=O) groups is 1. The normalized spacial score (nSPS) is 23.2. The molecule has 1 saturated carbocycles. The average Bonchev–Trinajstić information content (AvgIpc) is 2.41. The SMILES string of the molecule is Cc1cccc(C(=O)N(C)C2CCC(N)CC2)c1I. The van der Waals surface area contributed by atoms with Crippen LogP contribution in [0.25, 0.3) is 0 Å². The molecule has 4 heteroatoms. The smallest absolute Gasteiger partial charge is 0.254 e. The van der Waals surface area contributed by atoms with E-state index in [0.717, 1.165) is 40.4 Å². The minimum Gasteiger partial charge on any atom is -0.339 e. The first-order chi connectivity index (χ1) is 9.00. The number of halogens is 1. The molecule has 0 atom stereocenters. The first-order valence-electron chi connectivity index (χ1n) is 6.78. The Bertz CT molecular complexity index is 467. The van der Waals surface area contributed by atoms with Gasteiger partial charge in [0.1, 0.15) is 0 Å². The van der Waals surface area contributed by atoms with Crippen molar-refractivity contribution in [1.82, 2.24) is 4.90 Å². The van der Waals surface area contributed by atoms with Gasteiger partial charge >= 0.3 is 0 Å². The molecule has 1 fully saturated rings. The van der Waals surface area contributed by atoms with Gasteiger partial charge in [-0.1, -0.05) is 12.1 Å². The van der Waals surface area contributed by atoms with E-state index in [1.807, 2.05) is 37.1 Å². The molecule has 0 aliphatic heterocycles. The Hall–Kier alpha value is -0.620. The van der Waals surface area contributed by atoms with Crippen molar-refractivity contribution >= 4 is 28.5 Å². The predicted octanol–water partition coefficient (Wildman–Crippen LogP) is 2.94. The third-order valence-corrected chi connectivity index (χ3v) is 5.46. The van der Waals surface area contributed by atoms with E-state index in [0.29, 0.717) is 12.1 Å². The molecule has 1 aromatic carbocycles. The molecule has 1 amide bonds. The van der Waals surface area contributed by atoms with Gasteiger partial charge in [0.15, 0.2) is 0 Å². The van der Waals surface area contributed by atoms with Crippen molar-refractivity contribution in [1.29, 1.82) is 0 Å². The second kappa shape index (κ2) is 6.22. The van der Waals surface area contributed by atoms with Crippen molar-refractivity contribution in [2.45, 2.75) is 44.7 Å². The zero-order valence-electron chi connectivity index (χ0n) is 11.5. The highest BCUT2D eigenvalue weighted by atomic mass is 127. The molecular weight excluding hydrogens is 351 g/mol. The van der Waals surface area contributed by atoms with E-state index in [9.17, 15) is 4.79 Å². The van der Waals surface area contributed by atoms with Gasteiger partial charge in [-0.2, -0.15) is 0 Å². The maximum absolute atomic E-state index is 12.6. The molecule has 0 aromatic heterocycles. The minimum absolute atomic E-state index is 0.133. The highest BCUT2D eigenvalue weighted by Gasteiger charge is 2.26. The Kier molecular flexibility index (Phi) is 4.84. The largest absolute Gasteiger partial charge is 0.339 e. The van der Waals surface area contributed by atoms with Gasteiger partial charge in [0.25, 0.3) is 5.91 Å². The van der Waals surface area contributed by atoms with Crippen LogP contribution in [0, 0.1) is 10.5 Å². The summed E-state index contributed by atoms with van der Waals surface area (Å²) in [7, 11) is 1.92. The van der Waals surface area contributed by atoms with Gasteiger partial charge in [0, 0.05) is 22.7 Å². The van der Waals surface area contributed by atoms with Crippen molar-refractivity contribution in [3.8, 4) is 0 Å². The number of nitrogens with two attached hydrogens (primary N) is 1. The van der Waals surface area contributed by atoms with Crippen LogP contribution >= 0.6 is 22.6 Å². The lowest BCUT2D eigenvalue weighted by Gasteiger charge is -2.33. The topological polar surface area (TPSA) is 46.3 Å². The number of rotatable bonds is 2. The van der Waals surface area contributed by atoms with E-state index in [2.05, 4.69) is 22.6 Å². The lowest BCUT2D eigenvalue weighted by Crippen LogP contribution is -2.42. The third-order valence-electron chi connectivity index (χ3n) is 4.03. The van der Waals surface area contributed by atoms with Gasteiger partial charge in [-0.15, -0.1) is 0 Å². The second-order valence-corrected chi connectivity index (χ2v) is 6.50. The fourth-order valence-electron chi connectivity index (χ4n) is 2.66. The number of carbonyl (C=O) groups excluding carboxylic acids is 1. The number of hydrogen-bond acceptors (Lipinski definition) is 2. The molecule has 0 radical (unpaired) electrons. The number of amides is 1. The van der Waals surface area contributed by atoms with Gasteiger partial charge in [-0.25, -0.2) is 0 Å². The molecule has 0 spiro atoms. The van der Waals surface area contributed by atoms with E-state index < -0.39 is 0 Å². The Balaban J connectivity index is 2.13. The molecule has 0 heterocycles. The van der Waals surface area contributed by atoms with Gasteiger partial charge in [0.05, 0.1) is 5.56 Å². The molecule has 2 N–H and O–H groups in total. The monoisotopic (exact) mass is 372 g/mol. The first-order valence-corrected chi connectivity index (χ1v) is 7.86. The van der Waals surface area contributed by atoms with Crippen LogP contribution < -0.4 is 5.73 Å². The summed E-state index contributed by atoms with van der Waals surface area (Å²) >= 11 is 2.26. The van der Waals surface area contributed by atoms with E-state index in [-0.39, 0.29) is 5.91 Å². The molecule has 2 rings (SSSR count). The van der Waals surface area contributed by atoms with Gasteiger partial charge in [-0.05, 0) is 66.8 Å². The molecule has 104 valence electrons. The molecule has 0 unspecified atom stereocenters. The zero-order valence-corrected chi connectivity index (χ0v) is 13.7.